The van der Waals surface area contributed by atoms with Crippen LogP contribution in [0, 0.1) is 5.92 Å². The molecule has 3 atom stereocenters. The molecule has 210 valence electrons. The normalized spacial score (nSPS) is 20.6. The maximum absolute atomic E-state index is 13.6. The zero-order valence-electron chi connectivity index (χ0n) is 22.8. The van der Waals surface area contributed by atoms with Gasteiger partial charge in [0.1, 0.15) is 11.8 Å². The largest absolute Gasteiger partial charge is 0.485 e. The van der Waals surface area contributed by atoms with Gasteiger partial charge in [0.25, 0.3) is 11.8 Å². The summed E-state index contributed by atoms with van der Waals surface area (Å²) < 4.78 is 6.48. The van der Waals surface area contributed by atoms with Crippen molar-refractivity contribution in [3.63, 3.8) is 0 Å². The fraction of sp³-hybridized carbons (Fsp3) is 0.536. The molecule has 11 nitrogen and oxygen atoms in total. The summed E-state index contributed by atoms with van der Waals surface area (Å²) in [5.41, 5.74) is 0.687. The quantitative estimate of drug-likeness (QED) is 0.493. The van der Waals surface area contributed by atoms with Crippen LogP contribution in [-0.2, 0) is 0 Å². The van der Waals surface area contributed by atoms with Crippen LogP contribution in [0.2, 0.25) is 0 Å². The van der Waals surface area contributed by atoms with E-state index in [9.17, 15) is 19.5 Å². The Balaban J connectivity index is 1.62. The lowest BCUT2D eigenvalue weighted by Crippen LogP contribution is -2.52. The number of carbonyl (C=O) groups is 3. The van der Waals surface area contributed by atoms with Crippen LogP contribution in [0.3, 0.4) is 0 Å². The van der Waals surface area contributed by atoms with E-state index in [4.69, 9.17) is 4.74 Å². The number of para-hydroxylation sites is 1. The van der Waals surface area contributed by atoms with E-state index in [2.05, 4.69) is 20.6 Å². The summed E-state index contributed by atoms with van der Waals surface area (Å²) in [6.45, 7) is 4.13. The van der Waals surface area contributed by atoms with Gasteiger partial charge in [0, 0.05) is 37.9 Å². The van der Waals surface area contributed by atoms with Gasteiger partial charge in [0.2, 0.25) is 0 Å². The second-order valence-corrected chi connectivity index (χ2v) is 10.5. The minimum Gasteiger partial charge on any atom is -0.485 e. The van der Waals surface area contributed by atoms with Gasteiger partial charge in [-0.3, -0.25) is 14.6 Å². The summed E-state index contributed by atoms with van der Waals surface area (Å²) in [4.78, 5) is 50.8. The SMILES string of the molecule is C[C@@H]1CN([C@H](C)CO)C(=O)c2cccc(NC(=O)c3cnccn3)c2O[C@@H]1CN(C)C(=O)NC1CCCCC1. The first-order valence-electron chi connectivity index (χ1n) is 13.6. The number of urea groups is 1. The molecule has 2 aromatic rings. The van der Waals surface area contributed by atoms with E-state index in [0.29, 0.717) is 12.2 Å². The van der Waals surface area contributed by atoms with E-state index in [-0.39, 0.29) is 54.1 Å². The number of carbonyl (C=O) groups excluding carboxylic acids is 3. The summed E-state index contributed by atoms with van der Waals surface area (Å²) in [5, 5.41) is 15.8. The van der Waals surface area contributed by atoms with Crippen molar-refractivity contribution in [2.75, 3.05) is 32.1 Å². The third-order valence-corrected chi connectivity index (χ3v) is 7.47. The van der Waals surface area contributed by atoms with Gasteiger partial charge in [-0.05, 0) is 31.9 Å². The highest BCUT2D eigenvalue weighted by Crippen LogP contribution is 2.35. The van der Waals surface area contributed by atoms with Gasteiger partial charge in [0.05, 0.1) is 36.6 Å². The molecular formula is C28H38N6O5. The number of aliphatic hydroxyl groups excluding tert-OH is 1. The minimum absolute atomic E-state index is 0.117. The summed E-state index contributed by atoms with van der Waals surface area (Å²) >= 11 is 0. The molecule has 1 aromatic carbocycles. The number of hydrogen-bond acceptors (Lipinski definition) is 7. The number of amides is 4. The highest BCUT2D eigenvalue weighted by atomic mass is 16.5. The van der Waals surface area contributed by atoms with Gasteiger partial charge in [-0.25, -0.2) is 9.78 Å². The first-order valence-corrected chi connectivity index (χ1v) is 13.6. The number of fused-ring (bicyclic) bond motifs is 1. The topological polar surface area (TPSA) is 137 Å². The predicted molar refractivity (Wildman–Crippen MR) is 146 cm³/mol. The van der Waals surface area contributed by atoms with E-state index in [1.165, 1.54) is 25.0 Å². The van der Waals surface area contributed by atoms with E-state index in [1.807, 2.05) is 6.92 Å². The maximum Gasteiger partial charge on any atom is 0.317 e. The van der Waals surface area contributed by atoms with Gasteiger partial charge >= 0.3 is 6.03 Å². The third-order valence-electron chi connectivity index (χ3n) is 7.47. The van der Waals surface area contributed by atoms with Crippen LogP contribution in [0.4, 0.5) is 10.5 Å². The zero-order valence-corrected chi connectivity index (χ0v) is 22.8. The summed E-state index contributed by atoms with van der Waals surface area (Å²) in [7, 11) is 1.73. The molecule has 1 aromatic heterocycles. The molecule has 0 spiro atoms. The number of aromatic nitrogens is 2. The molecule has 1 aliphatic carbocycles. The van der Waals surface area contributed by atoms with Crippen molar-refractivity contribution in [3.8, 4) is 5.75 Å². The van der Waals surface area contributed by atoms with Gasteiger partial charge in [-0.2, -0.15) is 0 Å². The van der Waals surface area contributed by atoms with Crippen LogP contribution in [0.1, 0.15) is 66.8 Å². The Labute approximate surface area is 228 Å². The third kappa shape index (κ3) is 6.83. The average molecular weight is 539 g/mol. The van der Waals surface area contributed by atoms with Crippen LogP contribution in [0.15, 0.2) is 36.8 Å². The number of nitrogens with zero attached hydrogens (tertiary/aromatic N) is 4. The number of rotatable bonds is 7. The van der Waals surface area contributed by atoms with E-state index >= 15 is 0 Å². The smallest absolute Gasteiger partial charge is 0.317 e. The van der Waals surface area contributed by atoms with Crippen LogP contribution in [-0.4, -0.2) is 87.7 Å². The predicted octanol–water partition coefficient (Wildman–Crippen LogP) is 2.92. The van der Waals surface area contributed by atoms with Crippen LogP contribution >= 0.6 is 0 Å². The second-order valence-electron chi connectivity index (χ2n) is 10.5. The molecule has 0 unspecified atom stereocenters. The Bertz CT molecular complexity index is 1160. The molecule has 0 radical (unpaired) electrons. The fourth-order valence-electron chi connectivity index (χ4n) is 5.05. The molecule has 2 heterocycles. The van der Waals surface area contributed by atoms with Gasteiger partial charge in [-0.1, -0.05) is 32.3 Å². The first kappa shape index (κ1) is 28.3. The van der Waals surface area contributed by atoms with E-state index in [1.54, 1.807) is 42.0 Å². The Hall–Kier alpha value is -3.73. The molecule has 1 saturated carbocycles. The van der Waals surface area contributed by atoms with Gasteiger partial charge < -0.3 is 30.3 Å². The van der Waals surface area contributed by atoms with Crippen LogP contribution < -0.4 is 15.4 Å². The van der Waals surface area contributed by atoms with Gasteiger partial charge in [0.15, 0.2) is 5.75 Å². The van der Waals surface area contributed by atoms with Crippen molar-refractivity contribution in [2.24, 2.45) is 5.92 Å². The Kier molecular flexibility index (Phi) is 9.34. The highest BCUT2D eigenvalue weighted by Gasteiger charge is 2.35. The molecule has 11 heteroatoms. The number of ether oxygens (including phenoxy) is 1. The molecular weight excluding hydrogens is 500 g/mol. The molecule has 1 aliphatic heterocycles. The number of nitrogens with one attached hydrogen (secondary N) is 2. The van der Waals surface area contributed by atoms with Crippen molar-refractivity contribution >= 4 is 23.5 Å². The molecule has 2 aliphatic rings. The Morgan fingerprint density at radius 2 is 2.00 bits per heavy atom. The lowest BCUT2D eigenvalue weighted by atomic mass is 9.96. The molecule has 3 N–H and O–H groups in total. The zero-order chi connectivity index (χ0) is 27.9. The monoisotopic (exact) mass is 538 g/mol. The highest BCUT2D eigenvalue weighted by molar-refractivity contribution is 6.06. The van der Waals surface area contributed by atoms with Crippen molar-refractivity contribution < 1.29 is 24.2 Å². The summed E-state index contributed by atoms with van der Waals surface area (Å²) in [6.07, 6.45) is 9.14. The van der Waals surface area contributed by atoms with Crippen LogP contribution in [0.25, 0.3) is 0 Å². The number of hydrogen-bond donors (Lipinski definition) is 3. The number of anilines is 1. The number of benzene rings is 1. The Morgan fingerprint density at radius 1 is 1.23 bits per heavy atom. The standard InChI is InChI=1S/C28H38N6O5/c1-18-15-34(19(2)17-35)27(37)21-10-7-11-22(32-26(36)23-14-29-12-13-30-23)25(21)39-24(18)16-33(3)28(38)31-20-8-5-4-6-9-20/h7,10-14,18-20,24,35H,4-6,8-9,15-17H2,1-3H3,(H,31,38)(H,32,36)/t18-,19-,24-/m1/s1. The maximum atomic E-state index is 13.6. The number of likely N-dealkylation sites (N-methyl/N-ethyl adjacent to an activating group) is 1. The second kappa shape index (κ2) is 12.9. The molecule has 4 amide bonds. The van der Waals surface area contributed by atoms with Crippen LogP contribution in [0.5, 0.6) is 5.75 Å². The average Bonchev–Trinajstić information content (AvgIpc) is 2.95. The van der Waals surface area contributed by atoms with Crippen molar-refractivity contribution in [2.45, 2.75) is 64.1 Å². The van der Waals surface area contributed by atoms with E-state index in [0.717, 1.165) is 25.7 Å². The number of aliphatic hydroxyl groups is 1. The Morgan fingerprint density at radius 3 is 2.69 bits per heavy atom. The lowest BCUT2D eigenvalue weighted by Gasteiger charge is -2.38. The summed E-state index contributed by atoms with van der Waals surface area (Å²) in [5.74, 6) is -0.781. The van der Waals surface area contributed by atoms with Gasteiger partial charge in [-0.15, -0.1) is 0 Å². The first-order chi connectivity index (χ1) is 18.8. The van der Waals surface area contributed by atoms with Crippen molar-refractivity contribution in [1.29, 1.82) is 0 Å². The van der Waals surface area contributed by atoms with E-state index < -0.39 is 18.1 Å². The molecule has 0 bridgehead atoms. The summed E-state index contributed by atoms with van der Waals surface area (Å²) in [6, 6.07) is 4.53. The molecule has 0 saturated heterocycles. The lowest BCUT2D eigenvalue weighted by molar-refractivity contribution is 0.0367. The fourth-order valence-corrected chi connectivity index (χ4v) is 5.05. The minimum atomic E-state index is -0.498. The van der Waals surface area contributed by atoms with Crippen molar-refractivity contribution in [1.82, 2.24) is 25.1 Å². The molecule has 4 rings (SSSR count). The molecule has 1 fully saturated rings. The molecule has 39 heavy (non-hydrogen) atoms. The van der Waals surface area contributed by atoms with Crippen molar-refractivity contribution in [3.05, 3.63) is 48.0 Å².